The van der Waals surface area contributed by atoms with Crippen LogP contribution in [-0.4, -0.2) is 46.3 Å². The Morgan fingerprint density at radius 2 is 2.06 bits per heavy atom. The van der Waals surface area contributed by atoms with Crippen molar-refractivity contribution in [3.05, 3.63) is 47.1 Å². The summed E-state index contributed by atoms with van der Waals surface area (Å²) in [5.41, 5.74) is 1.01. The average molecular weight is 488 g/mol. The number of alkyl halides is 3. The number of aromatic nitrogens is 2. The Morgan fingerprint density at radius 3 is 2.79 bits per heavy atom. The molecular formula is C21H21ClF3N3O5. The molecule has 33 heavy (non-hydrogen) atoms. The molecule has 2 aliphatic rings. The molecule has 8 nitrogen and oxygen atoms in total. The van der Waals surface area contributed by atoms with Crippen LogP contribution in [0.2, 0.25) is 5.02 Å². The number of nitrogens with one attached hydrogen (secondary N) is 1. The number of carbonyl (C=O) groups is 1. The van der Waals surface area contributed by atoms with Crippen molar-refractivity contribution in [1.29, 1.82) is 0 Å². The largest absolute Gasteiger partial charge is 0.522 e. The summed E-state index contributed by atoms with van der Waals surface area (Å²) in [6.45, 7) is 4.07. The third kappa shape index (κ3) is 5.66. The van der Waals surface area contributed by atoms with E-state index in [4.69, 9.17) is 20.8 Å². The predicted molar refractivity (Wildman–Crippen MR) is 109 cm³/mol. The first-order valence-electron chi connectivity index (χ1n) is 10.3. The van der Waals surface area contributed by atoms with Gasteiger partial charge in [0, 0.05) is 35.0 Å². The molecule has 2 atom stereocenters. The lowest BCUT2D eigenvalue weighted by Gasteiger charge is -2.32. The molecule has 1 fully saturated rings. The molecule has 1 amide bonds. The Balaban J connectivity index is 1.22. The second kappa shape index (κ2) is 9.32. The van der Waals surface area contributed by atoms with E-state index >= 15 is 0 Å². The highest BCUT2D eigenvalue weighted by Gasteiger charge is 2.42. The van der Waals surface area contributed by atoms with Crippen molar-refractivity contribution in [2.24, 2.45) is 0 Å². The van der Waals surface area contributed by atoms with Gasteiger partial charge in [0.1, 0.15) is 5.75 Å². The summed E-state index contributed by atoms with van der Waals surface area (Å²) in [7, 11) is 0. The number of hydrogen-bond donors (Lipinski definition) is 2. The fourth-order valence-electron chi connectivity index (χ4n) is 3.73. The zero-order valence-corrected chi connectivity index (χ0v) is 18.0. The number of hydrogen-bond acceptors (Lipinski definition) is 7. The molecule has 1 aliphatic heterocycles. The number of nitrogens with zero attached hydrogens (tertiary/aromatic N) is 2. The fourth-order valence-corrected chi connectivity index (χ4v) is 3.91. The van der Waals surface area contributed by atoms with E-state index in [2.05, 4.69) is 26.8 Å². The van der Waals surface area contributed by atoms with Gasteiger partial charge in [-0.25, -0.2) is 0 Å². The van der Waals surface area contributed by atoms with Crippen LogP contribution in [-0.2, 0) is 9.53 Å². The molecule has 1 aromatic carbocycles. The van der Waals surface area contributed by atoms with Crippen LogP contribution in [0.1, 0.15) is 55.1 Å². The number of halogens is 4. The summed E-state index contributed by atoms with van der Waals surface area (Å²) in [5, 5.41) is 21.2. The van der Waals surface area contributed by atoms with Crippen LogP contribution in [0.15, 0.2) is 29.2 Å². The quantitative estimate of drug-likeness (QED) is 0.609. The molecule has 1 saturated carbocycles. The van der Waals surface area contributed by atoms with Crippen LogP contribution >= 0.6 is 11.6 Å². The monoisotopic (exact) mass is 487 g/mol. The van der Waals surface area contributed by atoms with Gasteiger partial charge in [-0.2, -0.15) is 0 Å². The van der Waals surface area contributed by atoms with Gasteiger partial charge in [-0.15, -0.1) is 23.4 Å². The lowest BCUT2D eigenvalue weighted by atomic mass is 9.82. The number of ether oxygens (including phenoxy) is 2. The van der Waals surface area contributed by atoms with Crippen LogP contribution in [0.3, 0.4) is 0 Å². The van der Waals surface area contributed by atoms with Crippen LogP contribution in [0, 0.1) is 0 Å². The number of amides is 1. The fraction of sp³-hybridized carbons (Fsp3) is 0.476. The second-order valence-corrected chi connectivity index (χ2v) is 8.42. The zero-order valence-electron chi connectivity index (χ0n) is 17.3. The van der Waals surface area contributed by atoms with Gasteiger partial charge >= 0.3 is 6.36 Å². The zero-order chi connectivity index (χ0) is 23.8. The lowest BCUT2D eigenvalue weighted by molar-refractivity contribution is -0.352. The van der Waals surface area contributed by atoms with Gasteiger partial charge in [0.05, 0.1) is 12.2 Å². The summed E-state index contributed by atoms with van der Waals surface area (Å²) >= 11 is 5.93. The molecule has 4 rings (SSSR count). The topological polar surface area (TPSA) is 107 Å². The molecule has 0 unspecified atom stereocenters. The first-order chi connectivity index (χ1) is 15.6. The normalized spacial score (nSPS) is 24.4. The third-order valence-electron chi connectivity index (χ3n) is 5.54. The third-order valence-corrected chi connectivity index (χ3v) is 5.78. The van der Waals surface area contributed by atoms with Crippen molar-refractivity contribution < 1.29 is 37.0 Å². The summed E-state index contributed by atoms with van der Waals surface area (Å²) in [6, 6.07) is 4.82. The lowest BCUT2D eigenvalue weighted by Crippen LogP contribution is -2.41. The maximum Gasteiger partial charge on any atom is 0.522 e. The molecule has 12 heteroatoms. The van der Waals surface area contributed by atoms with Gasteiger partial charge in [-0.1, -0.05) is 18.2 Å². The maximum absolute atomic E-state index is 12.5. The Morgan fingerprint density at radius 1 is 1.30 bits per heavy atom. The maximum atomic E-state index is 12.5. The van der Waals surface area contributed by atoms with Gasteiger partial charge in [-0.05, 0) is 37.5 Å². The van der Waals surface area contributed by atoms with Gasteiger partial charge in [0.2, 0.25) is 11.8 Å². The number of benzene rings is 1. The molecule has 2 aromatic rings. The van der Waals surface area contributed by atoms with Crippen molar-refractivity contribution in [2.45, 2.75) is 56.3 Å². The van der Waals surface area contributed by atoms with Gasteiger partial charge < -0.3 is 19.6 Å². The summed E-state index contributed by atoms with van der Waals surface area (Å²) in [4.78, 5) is 12.5. The van der Waals surface area contributed by atoms with Gasteiger partial charge in [-0.3, -0.25) is 9.53 Å². The minimum absolute atomic E-state index is 0.0909. The Hall–Kier alpha value is -2.63. The van der Waals surface area contributed by atoms with Crippen molar-refractivity contribution >= 4 is 23.1 Å². The Bertz CT molecular complexity index is 1040. The minimum Gasteiger partial charge on any atom is -0.480 e. The van der Waals surface area contributed by atoms with Crippen molar-refractivity contribution in [3.63, 3.8) is 0 Å². The van der Waals surface area contributed by atoms with E-state index in [9.17, 15) is 23.1 Å². The van der Waals surface area contributed by atoms with E-state index in [0.717, 1.165) is 0 Å². The number of aliphatic hydroxyl groups excluding tert-OH is 1. The van der Waals surface area contributed by atoms with Crippen LogP contribution in [0.4, 0.5) is 13.2 Å². The molecule has 2 N–H and O–H groups in total. The highest BCUT2D eigenvalue weighted by atomic mass is 35.5. The van der Waals surface area contributed by atoms with Crippen LogP contribution in [0.25, 0.3) is 5.57 Å². The number of rotatable bonds is 7. The molecule has 0 radical (unpaired) electrons. The molecule has 2 heterocycles. The van der Waals surface area contributed by atoms with Crippen molar-refractivity contribution in [1.82, 2.24) is 15.5 Å². The summed E-state index contributed by atoms with van der Waals surface area (Å²) in [6.07, 6.45) is -6.62. The van der Waals surface area contributed by atoms with Crippen LogP contribution < -0.4 is 10.1 Å². The summed E-state index contributed by atoms with van der Waals surface area (Å²) in [5.74, 6) is 0.118. The van der Waals surface area contributed by atoms with Gasteiger partial charge in [0.15, 0.2) is 6.10 Å². The molecular weight excluding hydrogens is 467 g/mol. The SMILES string of the molecule is C=C(CCNC(=O)[C@@H]1C[C@@H](O)c2cc(Cl)ccc2O1)c1nnc([C@H]2C[C@@H](OC(F)(F)F)C2)o1. The van der Waals surface area contributed by atoms with E-state index < -0.39 is 24.7 Å². The molecule has 0 saturated heterocycles. The predicted octanol–water partition coefficient (Wildman–Crippen LogP) is 3.91. The average Bonchev–Trinajstić information content (AvgIpc) is 3.19. The summed E-state index contributed by atoms with van der Waals surface area (Å²) < 4.78 is 51.8. The molecule has 0 spiro atoms. The number of carbonyl (C=O) groups excluding carboxylic acids is 1. The molecule has 1 aromatic heterocycles. The second-order valence-electron chi connectivity index (χ2n) is 7.98. The standard InChI is InChI=1S/C21H21ClF3N3O5/c1-10(19-27-28-20(32-19)11-6-13(7-11)33-21(23,24)25)4-5-26-18(30)17-9-15(29)14-8-12(22)2-3-16(14)31-17/h2-3,8,11,13,15,17,29H,1,4-7,9H2,(H,26,30)/t11-,13+,15-,17+/m1/s1. The van der Waals surface area contributed by atoms with Gasteiger partial charge in [0.25, 0.3) is 5.91 Å². The van der Waals surface area contributed by atoms with E-state index in [-0.39, 0.29) is 49.4 Å². The van der Waals surface area contributed by atoms with Crippen LogP contribution in [0.5, 0.6) is 5.75 Å². The number of aliphatic hydroxyl groups is 1. The first kappa shape index (κ1) is 23.5. The molecule has 0 bridgehead atoms. The minimum atomic E-state index is -4.66. The highest BCUT2D eigenvalue weighted by Crippen LogP contribution is 2.41. The van der Waals surface area contributed by atoms with Crippen molar-refractivity contribution in [3.8, 4) is 5.75 Å². The highest BCUT2D eigenvalue weighted by molar-refractivity contribution is 6.30. The van der Waals surface area contributed by atoms with E-state index in [0.29, 0.717) is 28.3 Å². The molecule has 178 valence electrons. The Labute approximate surface area is 191 Å². The first-order valence-corrected chi connectivity index (χ1v) is 10.6. The molecule has 1 aliphatic carbocycles. The van der Waals surface area contributed by atoms with E-state index in [1.165, 1.54) is 0 Å². The van der Waals surface area contributed by atoms with Crippen molar-refractivity contribution in [2.75, 3.05) is 6.54 Å². The van der Waals surface area contributed by atoms with E-state index in [1.807, 2.05) is 0 Å². The Kier molecular flexibility index (Phi) is 6.64. The number of fused-ring (bicyclic) bond motifs is 1. The van der Waals surface area contributed by atoms with E-state index in [1.54, 1.807) is 18.2 Å². The smallest absolute Gasteiger partial charge is 0.480 e.